The average Bonchev–Trinajstić information content (AvgIpc) is 3.22. The Kier molecular flexibility index (Phi) is 4.34. The maximum atomic E-state index is 11.3. The standard InChI is InChI=1S/C14H18N2O2/c1-2-9-18-13-7-3-11(4-8-13)10-15-16-14(17)12-5-6-12/h3-4,7-8,10,12H,2,5-6,9H2,1H3,(H,16,17)/b15-10+. The molecule has 0 aliphatic heterocycles. The Bertz CT molecular complexity index is 422. The Labute approximate surface area is 107 Å². The third-order valence-corrected chi connectivity index (χ3v) is 2.69. The predicted octanol–water partition coefficient (Wildman–Crippen LogP) is 2.34. The number of carbonyl (C=O) groups is 1. The van der Waals surface area contributed by atoms with Gasteiger partial charge in [0.05, 0.1) is 12.8 Å². The molecule has 0 spiro atoms. The van der Waals surface area contributed by atoms with Crippen LogP contribution < -0.4 is 10.2 Å². The van der Waals surface area contributed by atoms with Crippen molar-refractivity contribution in [3.8, 4) is 5.75 Å². The zero-order valence-electron chi connectivity index (χ0n) is 10.6. The van der Waals surface area contributed by atoms with Crippen LogP contribution in [0.25, 0.3) is 0 Å². The summed E-state index contributed by atoms with van der Waals surface area (Å²) in [5, 5.41) is 3.93. The van der Waals surface area contributed by atoms with E-state index >= 15 is 0 Å². The molecule has 4 heteroatoms. The molecule has 1 aromatic carbocycles. The lowest BCUT2D eigenvalue weighted by Crippen LogP contribution is -2.18. The lowest BCUT2D eigenvalue weighted by molar-refractivity contribution is -0.122. The first-order valence-corrected chi connectivity index (χ1v) is 6.35. The van der Waals surface area contributed by atoms with Crippen LogP contribution in [-0.4, -0.2) is 18.7 Å². The van der Waals surface area contributed by atoms with Crippen LogP contribution in [0.2, 0.25) is 0 Å². The van der Waals surface area contributed by atoms with Crippen molar-refractivity contribution in [2.45, 2.75) is 26.2 Å². The van der Waals surface area contributed by atoms with Crippen LogP contribution in [-0.2, 0) is 4.79 Å². The molecule has 0 aromatic heterocycles. The van der Waals surface area contributed by atoms with Crippen molar-refractivity contribution < 1.29 is 9.53 Å². The topological polar surface area (TPSA) is 50.7 Å². The van der Waals surface area contributed by atoms with Crippen molar-refractivity contribution in [2.24, 2.45) is 11.0 Å². The second-order valence-electron chi connectivity index (χ2n) is 4.43. The average molecular weight is 246 g/mol. The summed E-state index contributed by atoms with van der Waals surface area (Å²) in [5.41, 5.74) is 3.48. The molecule has 1 fully saturated rings. The van der Waals surface area contributed by atoms with Crippen molar-refractivity contribution in [1.29, 1.82) is 0 Å². The molecule has 1 amide bonds. The molecular formula is C14H18N2O2. The van der Waals surface area contributed by atoms with Crippen LogP contribution in [0.5, 0.6) is 5.75 Å². The summed E-state index contributed by atoms with van der Waals surface area (Å²) >= 11 is 0. The molecule has 1 aliphatic carbocycles. The Hall–Kier alpha value is -1.84. The van der Waals surface area contributed by atoms with Gasteiger partial charge in [-0.3, -0.25) is 4.79 Å². The van der Waals surface area contributed by atoms with Gasteiger partial charge >= 0.3 is 0 Å². The summed E-state index contributed by atoms with van der Waals surface area (Å²) in [6.45, 7) is 2.80. The van der Waals surface area contributed by atoms with Crippen LogP contribution >= 0.6 is 0 Å². The van der Waals surface area contributed by atoms with E-state index in [2.05, 4.69) is 17.5 Å². The number of hydrogen-bond donors (Lipinski definition) is 1. The summed E-state index contributed by atoms with van der Waals surface area (Å²) in [6.07, 6.45) is 4.62. The first-order chi connectivity index (χ1) is 8.79. The minimum absolute atomic E-state index is 0.0224. The number of hydrogen-bond acceptors (Lipinski definition) is 3. The van der Waals surface area contributed by atoms with E-state index in [-0.39, 0.29) is 11.8 Å². The van der Waals surface area contributed by atoms with Gasteiger partial charge in [-0.15, -0.1) is 0 Å². The van der Waals surface area contributed by atoms with E-state index in [9.17, 15) is 4.79 Å². The minimum Gasteiger partial charge on any atom is -0.494 e. The summed E-state index contributed by atoms with van der Waals surface area (Å²) in [7, 11) is 0. The van der Waals surface area contributed by atoms with Gasteiger partial charge in [0.1, 0.15) is 5.75 Å². The maximum Gasteiger partial charge on any atom is 0.243 e. The third-order valence-electron chi connectivity index (χ3n) is 2.69. The fourth-order valence-electron chi connectivity index (χ4n) is 1.48. The van der Waals surface area contributed by atoms with Gasteiger partial charge < -0.3 is 4.74 Å². The molecule has 1 N–H and O–H groups in total. The molecule has 0 unspecified atom stereocenters. The van der Waals surface area contributed by atoms with Crippen molar-refractivity contribution >= 4 is 12.1 Å². The van der Waals surface area contributed by atoms with E-state index < -0.39 is 0 Å². The highest BCUT2D eigenvalue weighted by molar-refractivity contribution is 5.84. The number of carbonyl (C=O) groups excluding carboxylic acids is 1. The molecular weight excluding hydrogens is 228 g/mol. The smallest absolute Gasteiger partial charge is 0.243 e. The number of rotatable bonds is 6. The van der Waals surface area contributed by atoms with Crippen LogP contribution in [0.15, 0.2) is 29.4 Å². The van der Waals surface area contributed by atoms with Gasteiger partial charge in [0.2, 0.25) is 5.91 Å². The van der Waals surface area contributed by atoms with E-state index in [0.29, 0.717) is 0 Å². The summed E-state index contributed by atoms with van der Waals surface area (Å²) in [4.78, 5) is 11.3. The molecule has 0 radical (unpaired) electrons. The lowest BCUT2D eigenvalue weighted by atomic mass is 10.2. The van der Waals surface area contributed by atoms with Gasteiger partial charge in [-0.2, -0.15) is 5.10 Å². The molecule has 0 bridgehead atoms. The largest absolute Gasteiger partial charge is 0.494 e. The van der Waals surface area contributed by atoms with Gasteiger partial charge in [-0.1, -0.05) is 6.92 Å². The molecule has 0 atom stereocenters. The summed E-state index contributed by atoms with van der Waals surface area (Å²) in [5.74, 6) is 1.07. The summed E-state index contributed by atoms with van der Waals surface area (Å²) < 4.78 is 5.48. The molecule has 2 rings (SSSR count). The van der Waals surface area contributed by atoms with Crippen molar-refractivity contribution in [1.82, 2.24) is 5.43 Å². The highest BCUT2D eigenvalue weighted by Gasteiger charge is 2.29. The van der Waals surface area contributed by atoms with E-state index in [1.165, 1.54) is 0 Å². The van der Waals surface area contributed by atoms with Crippen LogP contribution in [0.3, 0.4) is 0 Å². The number of hydrazone groups is 1. The fourth-order valence-corrected chi connectivity index (χ4v) is 1.48. The van der Waals surface area contributed by atoms with E-state index in [4.69, 9.17) is 4.74 Å². The van der Waals surface area contributed by atoms with Crippen LogP contribution in [0, 0.1) is 5.92 Å². The van der Waals surface area contributed by atoms with E-state index in [1.54, 1.807) is 6.21 Å². The molecule has 1 aliphatic rings. The van der Waals surface area contributed by atoms with Crippen molar-refractivity contribution in [2.75, 3.05) is 6.61 Å². The monoisotopic (exact) mass is 246 g/mol. The molecule has 4 nitrogen and oxygen atoms in total. The molecule has 96 valence electrons. The Morgan fingerprint density at radius 2 is 2.17 bits per heavy atom. The number of ether oxygens (including phenoxy) is 1. The second-order valence-corrected chi connectivity index (χ2v) is 4.43. The first-order valence-electron chi connectivity index (χ1n) is 6.35. The Morgan fingerprint density at radius 3 is 2.78 bits per heavy atom. The van der Waals surface area contributed by atoms with Gasteiger partial charge in [-0.05, 0) is 49.1 Å². The first kappa shape index (κ1) is 12.6. The van der Waals surface area contributed by atoms with Gasteiger partial charge in [0.15, 0.2) is 0 Å². The van der Waals surface area contributed by atoms with Crippen molar-refractivity contribution in [3.05, 3.63) is 29.8 Å². The minimum atomic E-state index is 0.0224. The van der Waals surface area contributed by atoms with Crippen LogP contribution in [0.4, 0.5) is 0 Å². The Balaban J connectivity index is 1.81. The van der Waals surface area contributed by atoms with Gasteiger partial charge in [-0.25, -0.2) is 5.43 Å². The normalized spacial score (nSPS) is 14.7. The van der Waals surface area contributed by atoms with Crippen molar-refractivity contribution in [3.63, 3.8) is 0 Å². The Morgan fingerprint density at radius 1 is 1.44 bits per heavy atom. The molecule has 18 heavy (non-hydrogen) atoms. The zero-order chi connectivity index (χ0) is 12.8. The quantitative estimate of drug-likeness (QED) is 0.618. The van der Waals surface area contributed by atoms with E-state index in [0.717, 1.165) is 37.2 Å². The third kappa shape index (κ3) is 3.87. The molecule has 0 heterocycles. The van der Waals surface area contributed by atoms with Gasteiger partial charge in [0, 0.05) is 5.92 Å². The lowest BCUT2D eigenvalue weighted by Gasteiger charge is -2.03. The van der Waals surface area contributed by atoms with Gasteiger partial charge in [0.25, 0.3) is 0 Å². The highest BCUT2D eigenvalue weighted by Crippen LogP contribution is 2.28. The highest BCUT2D eigenvalue weighted by atomic mass is 16.5. The predicted molar refractivity (Wildman–Crippen MR) is 70.7 cm³/mol. The fraction of sp³-hybridized carbons (Fsp3) is 0.429. The second kappa shape index (κ2) is 6.19. The molecule has 1 aromatic rings. The van der Waals surface area contributed by atoms with Crippen LogP contribution in [0.1, 0.15) is 31.7 Å². The number of amides is 1. The molecule has 0 saturated heterocycles. The SMILES string of the molecule is CCCOc1ccc(/C=N/NC(=O)C2CC2)cc1. The summed E-state index contributed by atoms with van der Waals surface area (Å²) in [6, 6.07) is 7.63. The number of benzene rings is 1. The maximum absolute atomic E-state index is 11.3. The van der Waals surface area contributed by atoms with E-state index in [1.807, 2.05) is 24.3 Å². The number of nitrogens with one attached hydrogen (secondary N) is 1. The number of nitrogens with zero attached hydrogens (tertiary/aromatic N) is 1. The zero-order valence-corrected chi connectivity index (χ0v) is 10.6. The molecule has 1 saturated carbocycles.